The maximum atomic E-state index is 14.8. The van der Waals surface area contributed by atoms with Gasteiger partial charge in [0.15, 0.2) is 5.11 Å². The Bertz CT molecular complexity index is 805. The van der Waals surface area contributed by atoms with E-state index in [0.29, 0.717) is 42.8 Å². The summed E-state index contributed by atoms with van der Waals surface area (Å²) in [5, 5.41) is 16.6. The number of cyclic esters (lactones) is 1. The Morgan fingerprint density at radius 2 is 2.20 bits per heavy atom. The molecule has 0 aromatic heterocycles. The molecular formula is C18H25FN6O4S. The van der Waals surface area contributed by atoms with Gasteiger partial charge in [-0.15, -0.1) is 0 Å². The maximum absolute atomic E-state index is 14.8. The van der Waals surface area contributed by atoms with E-state index in [1.165, 1.54) is 17.9 Å². The largest absolute Gasteiger partial charge is 0.442 e. The second kappa shape index (κ2) is 9.87. The number of hydrogen-bond donors (Lipinski definition) is 4. The van der Waals surface area contributed by atoms with Crippen molar-refractivity contribution in [2.24, 2.45) is 0 Å². The molecule has 4 N–H and O–H groups in total. The number of thiocarbonyl (C=S) groups is 1. The van der Waals surface area contributed by atoms with Crippen LogP contribution in [0.5, 0.6) is 0 Å². The van der Waals surface area contributed by atoms with Gasteiger partial charge in [0.25, 0.3) is 0 Å². The minimum atomic E-state index is -0.573. The molecular weight excluding hydrogens is 415 g/mol. The van der Waals surface area contributed by atoms with E-state index in [1.54, 1.807) is 17.1 Å². The summed E-state index contributed by atoms with van der Waals surface area (Å²) in [5.41, 5.74) is 3.90. The van der Waals surface area contributed by atoms with Gasteiger partial charge in [-0.1, -0.05) is 0 Å². The molecule has 2 amide bonds. The van der Waals surface area contributed by atoms with E-state index in [4.69, 9.17) is 22.1 Å². The molecule has 12 heteroatoms. The normalized spacial score (nSPS) is 19.0. The first-order chi connectivity index (χ1) is 14.4. The zero-order valence-corrected chi connectivity index (χ0v) is 17.4. The number of benzene rings is 1. The number of nitrogens with zero attached hydrogens (tertiary/aromatic N) is 3. The fourth-order valence-electron chi connectivity index (χ4n) is 3.20. The van der Waals surface area contributed by atoms with Crippen LogP contribution in [0, 0.1) is 5.82 Å². The monoisotopic (exact) mass is 440 g/mol. The lowest BCUT2D eigenvalue weighted by Gasteiger charge is -2.38. The van der Waals surface area contributed by atoms with Crippen LogP contribution < -0.4 is 25.9 Å². The zero-order chi connectivity index (χ0) is 21.7. The average Bonchev–Trinajstić information content (AvgIpc) is 3.11. The first-order valence-electron chi connectivity index (χ1n) is 9.56. The third-order valence-corrected chi connectivity index (χ3v) is 5.08. The molecule has 1 aromatic rings. The lowest BCUT2D eigenvalue weighted by Crippen LogP contribution is -2.59. The van der Waals surface area contributed by atoms with Gasteiger partial charge in [-0.25, -0.2) is 14.6 Å². The van der Waals surface area contributed by atoms with E-state index in [2.05, 4.69) is 16.1 Å². The number of anilines is 2. The van der Waals surface area contributed by atoms with Crippen LogP contribution in [-0.2, 0) is 9.53 Å². The molecule has 2 saturated heterocycles. The van der Waals surface area contributed by atoms with Gasteiger partial charge < -0.3 is 25.4 Å². The topological polar surface area (TPSA) is 109 Å². The summed E-state index contributed by atoms with van der Waals surface area (Å²) in [6.07, 6.45) is -1.05. The number of rotatable bonds is 6. The summed E-state index contributed by atoms with van der Waals surface area (Å²) in [6.45, 7) is 3.59. The van der Waals surface area contributed by atoms with Crippen molar-refractivity contribution in [1.82, 2.24) is 21.1 Å². The third kappa shape index (κ3) is 5.26. The van der Waals surface area contributed by atoms with Crippen molar-refractivity contribution in [3.05, 3.63) is 24.0 Å². The maximum Gasteiger partial charge on any atom is 0.414 e. The molecule has 0 saturated carbocycles. The fraction of sp³-hybridized carbons (Fsp3) is 0.500. The minimum absolute atomic E-state index is 0.0176. The molecule has 2 aliphatic heterocycles. The molecule has 0 radical (unpaired) electrons. The van der Waals surface area contributed by atoms with Crippen molar-refractivity contribution in [2.45, 2.75) is 13.0 Å². The Kier molecular flexibility index (Phi) is 7.24. The van der Waals surface area contributed by atoms with Crippen LogP contribution in [0.2, 0.25) is 0 Å². The van der Waals surface area contributed by atoms with Crippen molar-refractivity contribution in [1.29, 1.82) is 0 Å². The summed E-state index contributed by atoms with van der Waals surface area (Å²) < 4.78 is 20.0. The number of carbonyl (C=O) groups excluding carboxylic acids is 2. The van der Waals surface area contributed by atoms with Crippen molar-refractivity contribution in [3.8, 4) is 0 Å². The number of nitrogens with one attached hydrogen (secondary N) is 3. The predicted molar refractivity (Wildman–Crippen MR) is 112 cm³/mol. The molecule has 0 unspecified atom stereocenters. The van der Waals surface area contributed by atoms with Gasteiger partial charge in [-0.3, -0.25) is 14.7 Å². The number of ether oxygens (including phenoxy) is 1. The summed E-state index contributed by atoms with van der Waals surface area (Å²) in [4.78, 5) is 26.3. The van der Waals surface area contributed by atoms with Gasteiger partial charge in [-0.05, 0) is 30.4 Å². The summed E-state index contributed by atoms with van der Waals surface area (Å²) in [5.74, 6) is -0.666. The van der Waals surface area contributed by atoms with Gasteiger partial charge in [0.05, 0.1) is 44.3 Å². The van der Waals surface area contributed by atoms with Gasteiger partial charge in [0.2, 0.25) is 5.91 Å². The Balaban J connectivity index is 1.59. The number of carbonyl (C=O) groups is 2. The Morgan fingerprint density at radius 1 is 1.40 bits per heavy atom. The molecule has 3 rings (SSSR count). The first-order valence-corrected chi connectivity index (χ1v) is 9.96. The number of hydrazine groups is 1. The van der Waals surface area contributed by atoms with Crippen LogP contribution in [0.25, 0.3) is 0 Å². The highest BCUT2D eigenvalue weighted by Crippen LogP contribution is 2.28. The quantitative estimate of drug-likeness (QED) is 0.445. The standard InChI is InChI=1S/C18H25FN6O4S/c1-12(27)21-9-14-10-24(18(28)29-14)13-2-3-16(15(19)8-13)23-5-6-25(22-11-23)17(30)20-4-7-26/h2-3,8,14,22,26H,4-7,9-11H2,1H3,(H,20,30)(H,21,27)/t14-/m0/s1. The number of aliphatic hydroxyl groups excluding tert-OH is 1. The van der Waals surface area contributed by atoms with Crippen LogP contribution in [0.3, 0.4) is 0 Å². The second-order valence-corrected chi connectivity index (χ2v) is 7.26. The molecule has 2 fully saturated rings. The summed E-state index contributed by atoms with van der Waals surface area (Å²) in [7, 11) is 0. The van der Waals surface area contributed by atoms with Gasteiger partial charge in [0, 0.05) is 20.0 Å². The molecule has 0 spiro atoms. The molecule has 30 heavy (non-hydrogen) atoms. The van der Waals surface area contributed by atoms with Crippen LogP contribution in [0.15, 0.2) is 18.2 Å². The highest BCUT2D eigenvalue weighted by Gasteiger charge is 2.33. The minimum Gasteiger partial charge on any atom is -0.442 e. The van der Waals surface area contributed by atoms with E-state index in [0.717, 1.165) is 0 Å². The van der Waals surface area contributed by atoms with Crippen LogP contribution in [-0.4, -0.2) is 79.3 Å². The molecule has 0 aliphatic carbocycles. The van der Waals surface area contributed by atoms with Crippen molar-refractivity contribution >= 4 is 40.7 Å². The summed E-state index contributed by atoms with van der Waals surface area (Å²) >= 11 is 5.23. The Morgan fingerprint density at radius 3 is 2.83 bits per heavy atom. The molecule has 10 nitrogen and oxygen atoms in total. The lowest BCUT2D eigenvalue weighted by molar-refractivity contribution is -0.119. The molecule has 0 bridgehead atoms. The lowest BCUT2D eigenvalue weighted by atomic mass is 10.2. The van der Waals surface area contributed by atoms with Crippen molar-refractivity contribution in [3.63, 3.8) is 0 Å². The van der Waals surface area contributed by atoms with Gasteiger partial charge >= 0.3 is 6.09 Å². The fourth-order valence-corrected chi connectivity index (χ4v) is 3.46. The van der Waals surface area contributed by atoms with Gasteiger partial charge in [0.1, 0.15) is 11.9 Å². The number of halogens is 1. The van der Waals surface area contributed by atoms with E-state index in [1.807, 2.05) is 4.90 Å². The predicted octanol–water partition coefficient (Wildman–Crippen LogP) is -0.262. The van der Waals surface area contributed by atoms with Crippen LogP contribution in [0.1, 0.15) is 6.92 Å². The number of aliphatic hydroxyl groups is 1. The molecule has 2 heterocycles. The highest BCUT2D eigenvalue weighted by atomic mass is 32.1. The van der Waals surface area contributed by atoms with Gasteiger partial charge in [-0.2, -0.15) is 0 Å². The van der Waals surface area contributed by atoms with E-state index >= 15 is 0 Å². The average molecular weight is 441 g/mol. The Hall–Kier alpha value is -2.70. The van der Waals surface area contributed by atoms with Crippen molar-refractivity contribution in [2.75, 3.05) is 55.8 Å². The van der Waals surface area contributed by atoms with Crippen molar-refractivity contribution < 1.29 is 23.8 Å². The van der Waals surface area contributed by atoms with Crippen LogP contribution >= 0.6 is 12.2 Å². The molecule has 1 aromatic carbocycles. The molecule has 1 atom stereocenters. The zero-order valence-electron chi connectivity index (χ0n) is 16.6. The number of amides is 2. The molecule has 164 valence electrons. The molecule has 2 aliphatic rings. The SMILES string of the molecule is CC(=O)NC[C@H]1CN(c2ccc(N3CCN(C(=S)NCCO)NC3)c(F)c2)C(=O)O1. The first kappa shape index (κ1) is 22.0. The third-order valence-electron chi connectivity index (χ3n) is 4.72. The van der Waals surface area contributed by atoms with E-state index in [9.17, 15) is 14.0 Å². The summed E-state index contributed by atoms with van der Waals surface area (Å²) in [6, 6.07) is 4.59. The second-order valence-electron chi connectivity index (χ2n) is 6.88. The van der Waals surface area contributed by atoms with E-state index < -0.39 is 18.0 Å². The smallest absolute Gasteiger partial charge is 0.414 e. The Labute approximate surface area is 178 Å². The number of hydrogen-bond acceptors (Lipinski definition) is 7. The van der Waals surface area contributed by atoms with E-state index in [-0.39, 0.29) is 25.6 Å². The van der Waals surface area contributed by atoms with Crippen LogP contribution in [0.4, 0.5) is 20.6 Å². The highest BCUT2D eigenvalue weighted by molar-refractivity contribution is 7.80.